The van der Waals surface area contributed by atoms with Gasteiger partial charge in [-0.25, -0.2) is 0 Å². The molecule has 0 aromatic heterocycles. The number of halogens is 1. The second-order valence-corrected chi connectivity index (χ2v) is 6.81. The smallest absolute Gasteiger partial charge is 0.170 e. The molecule has 0 saturated carbocycles. The highest BCUT2D eigenvalue weighted by atomic mass is 79.9. The van der Waals surface area contributed by atoms with Gasteiger partial charge in [-0.2, -0.15) is 10.5 Å². The van der Waals surface area contributed by atoms with E-state index in [0.29, 0.717) is 13.0 Å². The fourth-order valence-corrected chi connectivity index (χ4v) is 4.07. The van der Waals surface area contributed by atoms with Crippen LogP contribution in [0, 0.1) is 28.1 Å². The molecule has 1 saturated heterocycles. The van der Waals surface area contributed by atoms with Crippen LogP contribution < -0.4 is 4.90 Å². The van der Waals surface area contributed by atoms with Crippen molar-refractivity contribution in [2.24, 2.45) is 5.41 Å². The van der Waals surface area contributed by atoms with E-state index >= 15 is 0 Å². The molecule has 0 unspecified atom stereocenters. The summed E-state index contributed by atoms with van der Waals surface area (Å²) in [7, 11) is 0. The number of morpholine rings is 1. The van der Waals surface area contributed by atoms with Crippen LogP contribution in [0.15, 0.2) is 22.7 Å². The molecule has 0 radical (unpaired) electrons. The van der Waals surface area contributed by atoms with Gasteiger partial charge in [-0.15, -0.1) is 0 Å². The van der Waals surface area contributed by atoms with Crippen LogP contribution in [0.5, 0.6) is 0 Å². The van der Waals surface area contributed by atoms with Crippen LogP contribution in [0.2, 0.25) is 0 Å². The first-order valence-corrected chi connectivity index (χ1v) is 7.83. The van der Waals surface area contributed by atoms with Crippen molar-refractivity contribution in [3.63, 3.8) is 0 Å². The third kappa shape index (κ3) is 2.12. The van der Waals surface area contributed by atoms with Gasteiger partial charge in [-0.3, -0.25) is 0 Å². The molecular weight excluding hydrogens is 330 g/mol. The largest absolute Gasteiger partial charge is 0.371 e. The lowest BCUT2D eigenvalue weighted by atomic mass is 9.71. The number of hydrogen-bond acceptors (Lipinski definition) is 4. The van der Waals surface area contributed by atoms with E-state index in [4.69, 9.17) is 4.74 Å². The molecular formula is C16H16BrN3O. The van der Waals surface area contributed by atoms with E-state index in [9.17, 15) is 10.5 Å². The SMILES string of the molecule is C[C@@H]1CN2c3ccc(Br)cc3CC(C#N)(C#N)[C@H]2[C@H](C)O1. The van der Waals surface area contributed by atoms with Crippen LogP contribution in [0.3, 0.4) is 0 Å². The molecule has 3 atom stereocenters. The predicted octanol–water partition coefficient (Wildman–Crippen LogP) is 3.02. The summed E-state index contributed by atoms with van der Waals surface area (Å²) in [5.74, 6) is 0. The highest BCUT2D eigenvalue weighted by Crippen LogP contribution is 2.45. The molecule has 3 rings (SSSR count). The van der Waals surface area contributed by atoms with Gasteiger partial charge in [0.15, 0.2) is 5.41 Å². The molecule has 1 fully saturated rings. The summed E-state index contributed by atoms with van der Waals surface area (Å²) in [4.78, 5) is 2.19. The van der Waals surface area contributed by atoms with E-state index in [2.05, 4.69) is 39.0 Å². The van der Waals surface area contributed by atoms with E-state index in [1.54, 1.807) is 0 Å². The monoisotopic (exact) mass is 345 g/mol. The Balaban J connectivity index is 2.18. The molecule has 0 aliphatic carbocycles. The van der Waals surface area contributed by atoms with Gasteiger partial charge >= 0.3 is 0 Å². The normalized spacial score (nSPS) is 29.8. The number of nitrogens with zero attached hydrogens (tertiary/aromatic N) is 3. The van der Waals surface area contributed by atoms with Gasteiger partial charge in [0, 0.05) is 23.1 Å². The van der Waals surface area contributed by atoms with E-state index in [-0.39, 0.29) is 18.2 Å². The number of benzene rings is 1. The summed E-state index contributed by atoms with van der Waals surface area (Å²) < 4.78 is 6.87. The van der Waals surface area contributed by atoms with Crippen LogP contribution in [0.25, 0.3) is 0 Å². The lowest BCUT2D eigenvalue weighted by molar-refractivity contribution is -0.0467. The summed E-state index contributed by atoms with van der Waals surface area (Å²) in [5, 5.41) is 19.4. The molecule has 108 valence electrons. The molecule has 2 aliphatic heterocycles. The van der Waals surface area contributed by atoms with Crippen molar-refractivity contribution in [3.8, 4) is 12.1 Å². The van der Waals surface area contributed by atoms with Gasteiger partial charge < -0.3 is 9.64 Å². The van der Waals surface area contributed by atoms with Crippen molar-refractivity contribution < 1.29 is 4.74 Å². The van der Waals surface area contributed by atoms with Gasteiger partial charge in [0.2, 0.25) is 0 Å². The summed E-state index contributed by atoms with van der Waals surface area (Å²) in [6.07, 6.45) is 0.378. The molecule has 2 heterocycles. The zero-order valence-corrected chi connectivity index (χ0v) is 13.6. The van der Waals surface area contributed by atoms with Gasteiger partial charge in [0.25, 0.3) is 0 Å². The number of anilines is 1. The Bertz CT molecular complexity index is 646. The minimum Gasteiger partial charge on any atom is -0.371 e. The van der Waals surface area contributed by atoms with E-state index in [1.165, 1.54) is 0 Å². The molecule has 2 aliphatic rings. The first-order valence-electron chi connectivity index (χ1n) is 7.04. The third-order valence-corrected chi connectivity index (χ3v) is 4.90. The third-order valence-electron chi connectivity index (χ3n) is 4.41. The highest BCUT2D eigenvalue weighted by Gasteiger charge is 2.52. The molecule has 0 N–H and O–H groups in total. The van der Waals surface area contributed by atoms with E-state index < -0.39 is 5.41 Å². The number of hydrogen-bond donors (Lipinski definition) is 0. The number of rotatable bonds is 0. The minimum absolute atomic E-state index is 0.0842. The molecule has 0 amide bonds. The maximum absolute atomic E-state index is 9.69. The Morgan fingerprint density at radius 2 is 2.05 bits per heavy atom. The topological polar surface area (TPSA) is 60.0 Å². The summed E-state index contributed by atoms with van der Waals surface area (Å²) in [6, 6.07) is 10.4. The Kier molecular flexibility index (Phi) is 3.43. The van der Waals surface area contributed by atoms with Crippen LogP contribution in [-0.4, -0.2) is 24.8 Å². The van der Waals surface area contributed by atoms with Crippen LogP contribution >= 0.6 is 15.9 Å². The minimum atomic E-state index is -1.06. The number of fused-ring (bicyclic) bond motifs is 3. The Morgan fingerprint density at radius 3 is 2.71 bits per heavy atom. The molecule has 1 aromatic carbocycles. The first kappa shape index (κ1) is 14.4. The lowest BCUT2D eigenvalue weighted by Crippen LogP contribution is -2.63. The fraction of sp³-hybridized carbons (Fsp3) is 0.500. The zero-order chi connectivity index (χ0) is 15.2. The first-order chi connectivity index (χ1) is 10.0. The Labute approximate surface area is 133 Å². The molecule has 21 heavy (non-hydrogen) atoms. The van der Waals surface area contributed by atoms with Crippen molar-refractivity contribution in [1.29, 1.82) is 10.5 Å². The van der Waals surface area contributed by atoms with Crippen LogP contribution in [0.1, 0.15) is 19.4 Å². The molecule has 0 spiro atoms. The Hall–Kier alpha value is -1.56. The van der Waals surface area contributed by atoms with Gasteiger partial charge in [-0.1, -0.05) is 15.9 Å². The van der Waals surface area contributed by atoms with Gasteiger partial charge in [0.05, 0.1) is 30.4 Å². The van der Waals surface area contributed by atoms with Crippen LogP contribution in [-0.2, 0) is 11.2 Å². The molecule has 4 nitrogen and oxygen atoms in total. The predicted molar refractivity (Wildman–Crippen MR) is 82.6 cm³/mol. The lowest BCUT2D eigenvalue weighted by Gasteiger charge is -2.51. The van der Waals surface area contributed by atoms with Crippen molar-refractivity contribution in [2.75, 3.05) is 11.4 Å². The average molecular weight is 346 g/mol. The highest BCUT2D eigenvalue weighted by molar-refractivity contribution is 9.10. The maximum Gasteiger partial charge on any atom is 0.170 e. The molecule has 0 bridgehead atoms. The Morgan fingerprint density at radius 1 is 1.33 bits per heavy atom. The van der Waals surface area contributed by atoms with Crippen LogP contribution in [0.4, 0.5) is 5.69 Å². The number of ether oxygens (including phenoxy) is 1. The van der Waals surface area contributed by atoms with Gasteiger partial charge in [0.1, 0.15) is 0 Å². The average Bonchev–Trinajstić information content (AvgIpc) is 2.45. The van der Waals surface area contributed by atoms with Crippen molar-refractivity contribution in [3.05, 3.63) is 28.2 Å². The van der Waals surface area contributed by atoms with Crippen molar-refractivity contribution in [1.82, 2.24) is 0 Å². The zero-order valence-electron chi connectivity index (χ0n) is 12.0. The fourth-order valence-electron chi connectivity index (χ4n) is 3.66. The second kappa shape index (κ2) is 5.02. The summed E-state index contributed by atoms with van der Waals surface area (Å²) in [5.41, 5.74) is 1.10. The maximum atomic E-state index is 9.69. The van der Waals surface area contributed by atoms with Crippen molar-refractivity contribution in [2.45, 2.75) is 38.5 Å². The number of nitriles is 2. The quantitative estimate of drug-likeness (QED) is 0.725. The summed E-state index contributed by atoms with van der Waals surface area (Å²) in [6.45, 7) is 4.69. The van der Waals surface area contributed by atoms with E-state index in [1.807, 2.05) is 26.0 Å². The van der Waals surface area contributed by atoms with Gasteiger partial charge in [-0.05, 0) is 37.6 Å². The molecule has 1 aromatic rings. The standard InChI is InChI=1S/C16H16BrN3O/c1-10-7-20-14-4-3-13(17)5-12(14)6-16(8-18,9-19)15(20)11(2)21-10/h3-5,10-11,15H,6-7H2,1-2H3/t10-,11+,15-/m1/s1. The van der Waals surface area contributed by atoms with E-state index in [0.717, 1.165) is 15.7 Å². The molecule has 5 heteroatoms. The summed E-state index contributed by atoms with van der Waals surface area (Å²) >= 11 is 3.47. The second-order valence-electron chi connectivity index (χ2n) is 5.89. The van der Waals surface area contributed by atoms with Crippen molar-refractivity contribution >= 4 is 21.6 Å².